The van der Waals surface area contributed by atoms with Crippen LogP contribution in [0.5, 0.6) is 0 Å². The normalized spacial score (nSPS) is 16.8. The number of alkyl halides is 3. The number of benzene rings is 1. The molecule has 3 N–H and O–H groups in total. The van der Waals surface area contributed by atoms with Gasteiger partial charge in [0.15, 0.2) is 0 Å². The number of amides is 2. The van der Waals surface area contributed by atoms with Crippen LogP contribution >= 0.6 is 0 Å². The molecule has 2 aromatic rings. The molecule has 1 fully saturated rings. The smallest absolute Gasteiger partial charge is 0.371 e. The van der Waals surface area contributed by atoms with Crippen LogP contribution in [0.1, 0.15) is 32.7 Å². The lowest BCUT2D eigenvalue weighted by molar-refractivity contribution is -0.137. The molecule has 3 rings (SSSR count). The van der Waals surface area contributed by atoms with Crippen LogP contribution in [0.4, 0.5) is 29.1 Å². The average Bonchev–Trinajstić information content (AvgIpc) is 3.11. The lowest BCUT2D eigenvalue weighted by atomic mass is 10.1. The fraction of sp³-hybridized carbons (Fsp3) is 0.350. The number of carbonyl (C=O) groups is 2. The minimum Gasteiger partial charge on any atom is -0.371 e. The van der Waals surface area contributed by atoms with Crippen LogP contribution < -0.4 is 16.0 Å². The minimum absolute atomic E-state index is 0.0207. The zero-order valence-corrected chi connectivity index (χ0v) is 16.8. The van der Waals surface area contributed by atoms with Crippen molar-refractivity contribution < 1.29 is 27.2 Å². The third kappa shape index (κ3) is 5.48. The number of likely N-dealkylation sites (tertiary alicyclic amines) is 1. The SMILES string of the molecule is CNc1ncc(C(=O)NC2CCN(C)C2)cc1NC(=O)c1cc(F)cc(C(F)(F)F)c1. The molecule has 0 bridgehead atoms. The number of anilines is 2. The Bertz CT molecular complexity index is 996. The Balaban J connectivity index is 1.82. The van der Waals surface area contributed by atoms with Gasteiger partial charge in [0.2, 0.25) is 0 Å². The lowest BCUT2D eigenvalue weighted by Gasteiger charge is -2.15. The zero-order valence-electron chi connectivity index (χ0n) is 16.8. The molecule has 166 valence electrons. The maximum atomic E-state index is 13.6. The summed E-state index contributed by atoms with van der Waals surface area (Å²) in [5.41, 5.74) is -1.56. The van der Waals surface area contributed by atoms with Crippen molar-refractivity contribution in [3.8, 4) is 0 Å². The maximum Gasteiger partial charge on any atom is 0.416 e. The van der Waals surface area contributed by atoms with E-state index in [2.05, 4.69) is 25.8 Å². The van der Waals surface area contributed by atoms with Gasteiger partial charge in [0.25, 0.3) is 11.8 Å². The number of nitrogens with zero attached hydrogens (tertiary/aromatic N) is 2. The molecule has 1 aliphatic rings. The van der Waals surface area contributed by atoms with Crippen LogP contribution in [0.15, 0.2) is 30.5 Å². The Labute approximate surface area is 175 Å². The molecule has 1 atom stereocenters. The van der Waals surface area contributed by atoms with E-state index < -0.39 is 34.9 Å². The van der Waals surface area contributed by atoms with Crippen LogP contribution in [0.2, 0.25) is 0 Å². The molecule has 0 spiro atoms. The van der Waals surface area contributed by atoms with Crippen molar-refractivity contribution in [2.75, 3.05) is 37.8 Å². The molecule has 0 aliphatic carbocycles. The van der Waals surface area contributed by atoms with E-state index in [0.29, 0.717) is 24.7 Å². The number of pyridine rings is 1. The van der Waals surface area contributed by atoms with Crippen molar-refractivity contribution in [1.82, 2.24) is 15.2 Å². The number of likely N-dealkylation sites (N-methyl/N-ethyl adjacent to an activating group) is 1. The van der Waals surface area contributed by atoms with Gasteiger partial charge in [-0.1, -0.05) is 0 Å². The van der Waals surface area contributed by atoms with Gasteiger partial charge in [-0.3, -0.25) is 9.59 Å². The predicted molar refractivity (Wildman–Crippen MR) is 107 cm³/mol. The standard InChI is InChI=1S/C20H21F4N5O2/c1-25-17-16(7-12(9-26-17)19(31)27-15-3-4-29(2)10-15)28-18(30)11-5-13(20(22,23)24)8-14(21)6-11/h5-9,15H,3-4,10H2,1-2H3,(H,25,26)(H,27,31)(H,28,30). The number of hydrogen-bond acceptors (Lipinski definition) is 5. The van der Waals surface area contributed by atoms with Gasteiger partial charge in [-0.2, -0.15) is 13.2 Å². The van der Waals surface area contributed by atoms with Crippen LogP contribution in [-0.4, -0.2) is 54.9 Å². The van der Waals surface area contributed by atoms with Gasteiger partial charge >= 0.3 is 6.18 Å². The number of carbonyl (C=O) groups excluding carboxylic acids is 2. The Hall–Kier alpha value is -3.21. The molecule has 1 saturated heterocycles. The number of halogens is 4. The Morgan fingerprint density at radius 3 is 2.48 bits per heavy atom. The summed E-state index contributed by atoms with van der Waals surface area (Å²) in [5.74, 6) is -2.37. The number of nitrogens with one attached hydrogen (secondary N) is 3. The molecule has 2 amide bonds. The van der Waals surface area contributed by atoms with Gasteiger partial charge in [-0.25, -0.2) is 9.37 Å². The van der Waals surface area contributed by atoms with E-state index in [0.717, 1.165) is 13.0 Å². The highest BCUT2D eigenvalue weighted by Gasteiger charge is 2.32. The number of aromatic nitrogens is 1. The summed E-state index contributed by atoms with van der Waals surface area (Å²) in [6.07, 6.45) is -2.68. The first kappa shape index (κ1) is 22.5. The summed E-state index contributed by atoms with van der Waals surface area (Å²) >= 11 is 0. The highest BCUT2D eigenvalue weighted by Crippen LogP contribution is 2.31. The summed E-state index contributed by atoms with van der Waals surface area (Å²) in [4.78, 5) is 31.2. The second-order valence-corrected chi connectivity index (χ2v) is 7.27. The van der Waals surface area contributed by atoms with E-state index in [1.165, 1.54) is 19.3 Å². The highest BCUT2D eigenvalue weighted by molar-refractivity contribution is 6.06. The van der Waals surface area contributed by atoms with E-state index in [4.69, 9.17) is 0 Å². The Morgan fingerprint density at radius 1 is 1.13 bits per heavy atom. The van der Waals surface area contributed by atoms with Gasteiger partial charge in [-0.05, 0) is 44.3 Å². The van der Waals surface area contributed by atoms with Crippen molar-refractivity contribution in [1.29, 1.82) is 0 Å². The van der Waals surface area contributed by atoms with Crippen molar-refractivity contribution in [3.63, 3.8) is 0 Å². The second kappa shape index (κ2) is 8.88. The van der Waals surface area contributed by atoms with Gasteiger partial charge in [0.05, 0.1) is 16.8 Å². The molecule has 1 aromatic heterocycles. The fourth-order valence-electron chi connectivity index (χ4n) is 3.28. The third-order valence-corrected chi connectivity index (χ3v) is 4.85. The van der Waals surface area contributed by atoms with Crippen molar-refractivity contribution in [2.45, 2.75) is 18.6 Å². The molecule has 1 aliphatic heterocycles. The van der Waals surface area contributed by atoms with E-state index >= 15 is 0 Å². The molecule has 7 nitrogen and oxygen atoms in total. The summed E-state index contributed by atoms with van der Waals surface area (Å²) in [5, 5.41) is 8.00. The quantitative estimate of drug-likeness (QED) is 0.624. The van der Waals surface area contributed by atoms with Crippen LogP contribution in [0.3, 0.4) is 0 Å². The molecule has 31 heavy (non-hydrogen) atoms. The zero-order chi connectivity index (χ0) is 22.8. The largest absolute Gasteiger partial charge is 0.416 e. The summed E-state index contributed by atoms with van der Waals surface area (Å²) in [7, 11) is 3.47. The van der Waals surface area contributed by atoms with Gasteiger partial charge in [0, 0.05) is 31.4 Å². The molecule has 11 heteroatoms. The lowest BCUT2D eigenvalue weighted by Crippen LogP contribution is -2.36. The first-order valence-electron chi connectivity index (χ1n) is 9.43. The van der Waals surface area contributed by atoms with Gasteiger partial charge < -0.3 is 20.9 Å². The molecular formula is C20H21F4N5O2. The van der Waals surface area contributed by atoms with E-state index in [9.17, 15) is 27.2 Å². The van der Waals surface area contributed by atoms with Crippen LogP contribution in [0.25, 0.3) is 0 Å². The van der Waals surface area contributed by atoms with E-state index in [1.807, 2.05) is 7.05 Å². The highest BCUT2D eigenvalue weighted by atomic mass is 19.4. The average molecular weight is 439 g/mol. The summed E-state index contributed by atoms with van der Waals surface area (Å²) < 4.78 is 52.4. The molecule has 2 heterocycles. The monoisotopic (exact) mass is 439 g/mol. The molecule has 1 aromatic carbocycles. The maximum absolute atomic E-state index is 13.6. The molecule has 0 radical (unpaired) electrons. The van der Waals surface area contributed by atoms with E-state index in [-0.39, 0.29) is 23.1 Å². The number of hydrogen-bond donors (Lipinski definition) is 3. The second-order valence-electron chi connectivity index (χ2n) is 7.27. The Morgan fingerprint density at radius 2 is 1.87 bits per heavy atom. The molecular weight excluding hydrogens is 418 g/mol. The number of rotatable bonds is 5. The summed E-state index contributed by atoms with van der Waals surface area (Å²) in [6.45, 7) is 1.56. The minimum atomic E-state index is -4.80. The fourth-order valence-corrected chi connectivity index (χ4v) is 3.28. The topological polar surface area (TPSA) is 86.4 Å². The van der Waals surface area contributed by atoms with E-state index in [1.54, 1.807) is 0 Å². The van der Waals surface area contributed by atoms with Crippen LogP contribution in [-0.2, 0) is 6.18 Å². The Kier molecular flexibility index (Phi) is 6.44. The molecule has 1 unspecified atom stereocenters. The molecule has 0 saturated carbocycles. The summed E-state index contributed by atoms with van der Waals surface area (Å²) in [6, 6.07) is 2.90. The first-order valence-corrected chi connectivity index (χ1v) is 9.43. The van der Waals surface area contributed by atoms with Crippen LogP contribution in [0, 0.1) is 5.82 Å². The predicted octanol–water partition coefficient (Wildman–Crippen LogP) is 2.97. The third-order valence-electron chi connectivity index (χ3n) is 4.85. The van der Waals surface area contributed by atoms with Crippen molar-refractivity contribution >= 4 is 23.3 Å². The first-order chi connectivity index (χ1) is 14.6. The van der Waals surface area contributed by atoms with Crippen molar-refractivity contribution in [3.05, 3.63) is 53.0 Å². The van der Waals surface area contributed by atoms with Crippen molar-refractivity contribution in [2.24, 2.45) is 0 Å². The van der Waals surface area contributed by atoms with Gasteiger partial charge in [0.1, 0.15) is 11.6 Å². The van der Waals surface area contributed by atoms with Gasteiger partial charge in [-0.15, -0.1) is 0 Å².